The van der Waals surface area contributed by atoms with E-state index in [2.05, 4.69) is 25.5 Å². The lowest BCUT2D eigenvalue weighted by atomic mass is 10.1. The Morgan fingerprint density at radius 2 is 1.73 bits per heavy atom. The first-order chi connectivity index (χ1) is 15.9. The summed E-state index contributed by atoms with van der Waals surface area (Å²) < 4.78 is 33.6. The van der Waals surface area contributed by atoms with Gasteiger partial charge < -0.3 is 11.3 Å². The van der Waals surface area contributed by atoms with Crippen LogP contribution < -0.4 is 5.84 Å². The van der Waals surface area contributed by atoms with Crippen LogP contribution in [0.3, 0.4) is 0 Å². The standard InChI is InChI=1S/C22H17N7O3S/c23-12-14-4-3-5-15(10-14)19-9-8-16(13-25-19)26-27-20-11-21(33(30,31)32)17-6-1-2-7-18(17)22(20)28-29-24/h1-13,23H,(H2,24,28)(H,30,31,32). The predicted octanol–water partition coefficient (Wildman–Crippen LogP) is 5.52. The van der Waals surface area contributed by atoms with Crippen molar-refractivity contribution in [3.63, 3.8) is 0 Å². The highest BCUT2D eigenvalue weighted by Gasteiger charge is 2.19. The molecule has 3 aromatic carbocycles. The second-order valence-corrected chi connectivity index (χ2v) is 8.24. The molecule has 0 atom stereocenters. The van der Waals surface area contributed by atoms with Gasteiger partial charge in [-0.1, -0.05) is 47.7 Å². The number of nitrogens with two attached hydrogens (primary N) is 1. The number of aromatic nitrogens is 1. The summed E-state index contributed by atoms with van der Waals surface area (Å²) in [6, 6.07) is 18.4. The van der Waals surface area contributed by atoms with Crippen LogP contribution in [0.5, 0.6) is 0 Å². The lowest BCUT2D eigenvalue weighted by Gasteiger charge is -2.08. The average molecular weight is 459 g/mol. The van der Waals surface area contributed by atoms with Gasteiger partial charge in [0, 0.05) is 22.6 Å². The minimum absolute atomic E-state index is 0.0540. The molecule has 0 saturated heterocycles. The summed E-state index contributed by atoms with van der Waals surface area (Å²) in [4.78, 5) is 4.04. The SMILES string of the molecule is N=Cc1cccc(-c2ccc(N=Nc3cc(S(=O)(=O)O)c4ccccc4c3N=NN)cn2)c1. The molecule has 33 heavy (non-hydrogen) atoms. The highest BCUT2D eigenvalue weighted by molar-refractivity contribution is 7.86. The highest BCUT2D eigenvalue weighted by atomic mass is 32.2. The molecule has 0 aliphatic carbocycles. The summed E-state index contributed by atoms with van der Waals surface area (Å²) >= 11 is 0. The Hall–Kier alpha value is -4.35. The molecule has 0 bridgehead atoms. The lowest BCUT2D eigenvalue weighted by molar-refractivity contribution is 0.484. The molecule has 0 saturated carbocycles. The molecular weight excluding hydrogens is 442 g/mol. The van der Waals surface area contributed by atoms with Gasteiger partial charge in [-0.15, -0.1) is 15.3 Å². The maximum absolute atomic E-state index is 11.9. The van der Waals surface area contributed by atoms with Gasteiger partial charge in [0.2, 0.25) is 0 Å². The van der Waals surface area contributed by atoms with Crippen LogP contribution in [-0.4, -0.2) is 24.2 Å². The van der Waals surface area contributed by atoms with Crippen molar-refractivity contribution in [2.24, 2.45) is 26.4 Å². The first-order valence-corrected chi connectivity index (χ1v) is 11.0. The van der Waals surface area contributed by atoms with Crippen LogP contribution in [-0.2, 0) is 10.1 Å². The maximum Gasteiger partial charge on any atom is 0.295 e. The third kappa shape index (κ3) is 4.63. The Labute approximate surface area is 188 Å². The quantitative estimate of drug-likeness (QED) is 0.113. The van der Waals surface area contributed by atoms with Crippen LogP contribution in [0.25, 0.3) is 22.0 Å². The molecule has 1 aromatic heterocycles. The zero-order valence-electron chi connectivity index (χ0n) is 17.0. The van der Waals surface area contributed by atoms with Crippen LogP contribution in [0.15, 0.2) is 98.4 Å². The van der Waals surface area contributed by atoms with Gasteiger partial charge >= 0.3 is 0 Å². The van der Waals surface area contributed by atoms with Crippen molar-refractivity contribution >= 4 is 44.2 Å². The molecule has 0 amide bonds. The number of hydrogen-bond donors (Lipinski definition) is 3. The average Bonchev–Trinajstić information content (AvgIpc) is 2.83. The van der Waals surface area contributed by atoms with Gasteiger partial charge in [0.25, 0.3) is 10.1 Å². The zero-order valence-corrected chi connectivity index (χ0v) is 17.8. The Balaban J connectivity index is 1.76. The van der Waals surface area contributed by atoms with Gasteiger partial charge in [-0.2, -0.15) is 8.42 Å². The fourth-order valence-electron chi connectivity index (χ4n) is 3.28. The monoisotopic (exact) mass is 459 g/mol. The number of nitrogens with zero attached hydrogens (tertiary/aromatic N) is 5. The van der Waals surface area contributed by atoms with Crippen molar-refractivity contribution in [3.8, 4) is 11.3 Å². The van der Waals surface area contributed by atoms with Gasteiger partial charge in [-0.25, -0.2) is 0 Å². The molecule has 1 heterocycles. The predicted molar refractivity (Wildman–Crippen MR) is 124 cm³/mol. The Kier molecular flexibility index (Phi) is 5.98. The number of benzene rings is 3. The largest absolute Gasteiger partial charge is 0.308 e. The number of nitrogens with one attached hydrogen (secondary N) is 1. The van der Waals surface area contributed by atoms with E-state index in [9.17, 15) is 13.0 Å². The number of hydrogen-bond acceptors (Lipinski definition) is 8. The molecule has 4 N–H and O–H groups in total. The van der Waals surface area contributed by atoms with Crippen molar-refractivity contribution in [2.75, 3.05) is 0 Å². The van der Waals surface area contributed by atoms with Gasteiger partial charge in [0.05, 0.1) is 11.9 Å². The van der Waals surface area contributed by atoms with Crippen molar-refractivity contribution in [2.45, 2.75) is 4.90 Å². The summed E-state index contributed by atoms with van der Waals surface area (Å²) in [6.07, 6.45) is 2.76. The van der Waals surface area contributed by atoms with E-state index in [-0.39, 0.29) is 21.7 Å². The van der Waals surface area contributed by atoms with Crippen LogP contribution in [0.4, 0.5) is 17.1 Å². The number of rotatable bonds is 6. The fraction of sp³-hybridized carbons (Fsp3) is 0. The van der Waals surface area contributed by atoms with E-state index in [1.54, 1.807) is 30.3 Å². The summed E-state index contributed by atoms with van der Waals surface area (Å²) in [5, 5.41) is 23.4. The Morgan fingerprint density at radius 3 is 2.39 bits per heavy atom. The van der Waals surface area contributed by atoms with E-state index in [0.29, 0.717) is 16.8 Å². The van der Waals surface area contributed by atoms with Gasteiger partial charge in [-0.3, -0.25) is 9.54 Å². The van der Waals surface area contributed by atoms with Crippen LogP contribution in [0.1, 0.15) is 5.56 Å². The maximum atomic E-state index is 11.9. The topological polar surface area (TPSA) is 167 Å². The van der Waals surface area contributed by atoms with E-state index in [1.165, 1.54) is 18.5 Å². The van der Waals surface area contributed by atoms with Crippen LogP contribution in [0, 0.1) is 5.41 Å². The van der Waals surface area contributed by atoms with Crippen molar-refractivity contribution < 1.29 is 13.0 Å². The number of pyridine rings is 1. The van der Waals surface area contributed by atoms with Gasteiger partial charge in [0.1, 0.15) is 22.0 Å². The summed E-state index contributed by atoms with van der Waals surface area (Å²) in [7, 11) is -4.54. The molecule has 4 aromatic rings. The molecule has 10 nitrogen and oxygen atoms in total. The molecule has 0 aliphatic heterocycles. The molecule has 0 fully saturated rings. The van der Waals surface area contributed by atoms with Crippen LogP contribution >= 0.6 is 0 Å². The Morgan fingerprint density at radius 1 is 0.939 bits per heavy atom. The molecule has 11 heteroatoms. The minimum atomic E-state index is -4.54. The van der Waals surface area contributed by atoms with Crippen molar-refractivity contribution in [1.29, 1.82) is 5.41 Å². The number of fused-ring (bicyclic) bond motifs is 1. The fourth-order valence-corrected chi connectivity index (χ4v) is 4.00. The number of azo groups is 1. The first kappa shape index (κ1) is 21.9. The van der Waals surface area contributed by atoms with E-state index >= 15 is 0 Å². The molecule has 164 valence electrons. The summed E-state index contributed by atoms with van der Waals surface area (Å²) in [5.41, 5.74) is 2.95. The minimum Gasteiger partial charge on any atom is -0.308 e. The third-order valence-corrected chi connectivity index (χ3v) is 5.66. The van der Waals surface area contributed by atoms with Crippen LogP contribution in [0.2, 0.25) is 0 Å². The van der Waals surface area contributed by atoms with E-state index < -0.39 is 10.1 Å². The summed E-state index contributed by atoms with van der Waals surface area (Å²) in [5.74, 6) is 5.24. The van der Waals surface area contributed by atoms with E-state index in [4.69, 9.17) is 11.3 Å². The van der Waals surface area contributed by atoms with Gasteiger partial charge in [-0.05, 0) is 29.8 Å². The summed E-state index contributed by atoms with van der Waals surface area (Å²) in [6.45, 7) is 0. The zero-order chi connectivity index (χ0) is 23.4. The third-order valence-electron chi connectivity index (χ3n) is 4.76. The molecule has 0 radical (unpaired) electrons. The molecule has 0 aliphatic rings. The van der Waals surface area contributed by atoms with E-state index in [0.717, 1.165) is 17.2 Å². The Bertz CT molecular complexity index is 1520. The van der Waals surface area contributed by atoms with E-state index in [1.807, 2.05) is 24.3 Å². The second kappa shape index (κ2) is 9.02. The first-order valence-electron chi connectivity index (χ1n) is 9.53. The van der Waals surface area contributed by atoms with Crippen molar-refractivity contribution in [1.82, 2.24) is 4.98 Å². The smallest absolute Gasteiger partial charge is 0.295 e. The van der Waals surface area contributed by atoms with Crippen molar-refractivity contribution in [3.05, 3.63) is 78.5 Å². The molecule has 0 spiro atoms. The molecule has 4 rings (SSSR count). The lowest BCUT2D eigenvalue weighted by Crippen LogP contribution is -1.99. The highest BCUT2D eigenvalue weighted by Crippen LogP contribution is 2.40. The second-order valence-electron chi connectivity index (χ2n) is 6.85. The van der Waals surface area contributed by atoms with Gasteiger partial charge in [0.15, 0.2) is 0 Å². The molecule has 0 unspecified atom stereocenters. The molecular formula is C22H17N7O3S. The normalized spacial score (nSPS) is 12.0.